The topological polar surface area (TPSA) is 17.1 Å². The maximum Gasteiger partial charge on any atom is 0.279 e. The molecule has 0 aliphatic heterocycles. The third-order valence-electron chi connectivity index (χ3n) is 2.54. The first kappa shape index (κ1) is 14.1. The average molecular weight is 323 g/mol. The molecule has 0 fully saturated rings. The van der Waals surface area contributed by atoms with Crippen LogP contribution in [0.15, 0.2) is 53.0 Å². The smallest absolute Gasteiger partial charge is 0.270 e. The summed E-state index contributed by atoms with van der Waals surface area (Å²) < 4.78 is 0.980. The van der Waals surface area contributed by atoms with Crippen LogP contribution in [0.1, 0.15) is 16.7 Å². The molecule has 0 aromatic heterocycles. The van der Waals surface area contributed by atoms with E-state index >= 15 is 0 Å². The van der Waals surface area contributed by atoms with E-state index in [1.807, 2.05) is 55.5 Å². The lowest BCUT2D eigenvalue weighted by molar-refractivity contribution is -0.108. The molecule has 96 valence electrons. The zero-order valence-electron chi connectivity index (χ0n) is 10.9. The SMILES string of the molecule is Cc1ccc(C#CC(=O)C#Cc2ccc(Br)cc2)cc1. The first-order chi connectivity index (χ1) is 9.63. The van der Waals surface area contributed by atoms with E-state index in [9.17, 15) is 4.79 Å². The number of carbonyl (C=O) groups excluding carboxylic acids is 1. The maximum atomic E-state index is 11.6. The lowest BCUT2D eigenvalue weighted by Crippen LogP contribution is -1.87. The molecule has 2 rings (SSSR count). The molecule has 20 heavy (non-hydrogen) atoms. The second-order valence-corrected chi connectivity index (χ2v) is 5.12. The van der Waals surface area contributed by atoms with Gasteiger partial charge in [-0.1, -0.05) is 45.5 Å². The molecule has 0 radical (unpaired) electrons. The van der Waals surface area contributed by atoms with Gasteiger partial charge in [-0.2, -0.15) is 0 Å². The number of benzene rings is 2. The minimum Gasteiger partial charge on any atom is -0.270 e. The average Bonchev–Trinajstić information content (AvgIpc) is 2.46. The van der Waals surface area contributed by atoms with E-state index in [0.717, 1.165) is 21.2 Å². The highest BCUT2D eigenvalue weighted by Crippen LogP contribution is 2.09. The molecule has 1 nitrogen and oxygen atoms in total. The molecule has 2 heteroatoms. The van der Waals surface area contributed by atoms with Crippen LogP contribution >= 0.6 is 15.9 Å². The standard InChI is InChI=1S/C18H11BrO/c1-14-2-4-15(5-3-14)8-12-18(20)13-9-16-6-10-17(19)11-7-16/h2-7,10-11H,1H3. The van der Waals surface area contributed by atoms with Crippen molar-refractivity contribution >= 4 is 21.7 Å². The molecule has 0 N–H and O–H groups in total. The third kappa shape index (κ3) is 4.43. The van der Waals surface area contributed by atoms with Crippen LogP contribution in [0.2, 0.25) is 0 Å². The highest BCUT2D eigenvalue weighted by molar-refractivity contribution is 9.10. The van der Waals surface area contributed by atoms with E-state index in [0.29, 0.717) is 0 Å². The molecule has 0 atom stereocenters. The second-order valence-electron chi connectivity index (χ2n) is 4.20. The fraction of sp³-hybridized carbons (Fsp3) is 0.0556. The predicted octanol–water partition coefficient (Wildman–Crippen LogP) is 3.73. The summed E-state index contributed by atoms with van der Waals surface area (Å²) >= 11 is 3.34. The van der Waals surface area contributed by atoms with E-state index < -0.39 is 0 Å². The van der Waals surface area contributed by atoms with Gasteiger partial charge >= 0.3 is 0 Å². The number of hydrogen-bond acceptors (Lipinski definition) is 1. The number of halogens is 1. The molecule has 0 unspecified atom stereocenters. The number of rotatable bonds is 0. The van der Waals surface area contributed by atoms with Crippen molar-refractivity contribution in [3.8, 4) is 23.7 Å². The van der Waals surface area contributed by atoms with Gasteiger partial charge in [-0.05, 0) is 55.2 Å². The minimum absolute atomic E-state index is 0.381. The Morgan fingerprint density at radius 1 is 0.850 bits per heavy atom. The van der Waals surface area contributed by atoms with Crippen molar-refractivity contribution in [1.82, 2.24) is 0 Å². The van der Waals surface area contributed by atoms with Gasteiger partial charge in [-0.25, -0.2) is 0 Å². The Labute approximate surface area is 127 Å². The summed E-state index contributed by atoms with van der Waals surface area (Å²) in [5.74, 6) is 10.3. The Morgan fingerprint density at radius 2 is 1.30 bits per heavy atom. The lowest BCUT2D eigenvalue weighted by atomic mass is 10.1. The van der Waals surface area contributed by atoms with Gasteiger partial charge in [0.05, 0.1) is 0 Å². The van der Waals surface area contributed by atoms with Gasteiger partial charge in [0.1, 0.15) is 0 Å². The predicted molar refractivity (Wildman–Crippen MR) is 84.1 cm³/mol. The zero-order valence-corrected chi connectivity index (χ0v) is 12.5. The van der Waals surface area contributed by atoms with Crippen molar-refractivity contribution in [2.75, 3.05) is 0 Å². The molecule has 0 spiro atoms. The Kier molecular flexibility index (Phi) is 4.77. The number of carbonyl (C=O) groups is 1. The Balaban J connectivity index is 2.07. The number of aryl methyl sites for hydroxylation is 1. The van der Waals surface area contributed by atoms with Crippen LogP contribution in [-0.2, 0) is 4.79 Å². The molecular weight excluding hydrogens is 312 g/mol. The maximum absolute atomic E-state index is 11.6. The van der Waals surface area contributed by atoms with Crippen molar-refractivity contribution < 1.29 is 4.79 Å². The van der Waals surface area contributed by atoms with E-state index in [2.05, 4.69) is 39.6 Å². The van der Waals surface area contributed by atoms with Crippen LogP contribution in [0, 0.1) is 30.6 Å². The molecule has 0 bridgehead atoms. The van der Waals surface area contributed by atoms with Crippen molar-refractivity contribution in [3.05, 3.63) is 69.7 Å². The molecule has 0 aliphatic rings. The van der Waals surface area contributed by atoms with Gasteiger partial charge in [0.2, 0.25) is 0 Å². The number of Topliss-reactive ketones (excluding diaryl/α,β-unsaturated/α-hetero) is 1. The first-order valence-corrected chi connectivity index (χ1v) is 6.83. The van der Waals surface area contributed by atoms with E-state index in [4.69, 9.17) is 0 Å². The lowest BCUT2D eigenvalue weighted by Gasteiger charge is -1.90. The van der Waals surface area contributed by atoms with Crippen LogP contribution in [0.5, 0.6) is 0 Å². The third-order valence-corrected chi connectivity index (χ3v) is 3.07. The van der Waals surface area contributed by atoms with Crippen LogP contribution in [0.3, 0.4) is 0 Å². The number of ketones is 1. The molecule has 0 saturated carbocycles. The number of hydrogen-bond donors (Lipinski definition) is 0. The summed E-state index contributed by atoms with van der Waals surface area (Å²) in [5.41, 5.74) is 2.77. The molecule has 0 amide bonds. The molecule has 0 saturated heterocycles. The fourth-order valence-corrected chi connectivity index (χ4v) is 1.72. The van der Waals surface area contributed by atoms with Crippen LogP contribution in [0.4, 0.5) is 0 Å². The normalized spacial score (nSPS) is 8.90. The van der Waals surface area contributed by atoms with Crippen molar-refractivity contribution in [2.24, 2.45) is 0 Å². The monoisotopic (exact) mass is 322 g/mol. The first-order valence-electron chi connectivity index (χ1n) is 6.04. The van der Waals surface area contributed by atoms with Gasteiger partial charge in [-0.15, -0.1) is 0 Å². The Hall–Kier alpha value is -2.29. The van der Waals surface area contributed by atoms with Gasteiger partial charge in [0, 0.05) is 15.6 Å². The van der Waals surface area contributed by atoms with Crippen LogP contribution in [-0.4, -0.2) is 5.78 Å². The summed E-state index contributed by atoms with van der Waals surface area (Å²) in [6.45, 7) is 2.01. The molecule has 0 aliphatic carbocycles. The van der Waals surface area contributed by atoms with Gasteiger partial charge in [-0.3, -0.25) is 4.79 Å². The highest BCUT2D eigenvalue weighted by atomic mass is 79.9. The van der Waals surface area contributed by atoms with Gasteiger partial charge < -0.3 is 0 Å². The summed E-state index contributed by atoms with van der Waals surface area (Å²) in [6.07, 6.45) is 0. The summed E-state index contributed by atoms with van der Waals surface area (Å²) in [6, 6.07) is 15.1. The summed E-state index contributed by atoms with van der Waals surface area (Å²) in [7, 11) is 0. The van der Waals surface area contributed by atoms with Crippen molar-refractivity contribution in [3.63, 3.8) is 0 Å². The fourth-order valence-electron chi connectivity index (χ4n) is 1.46. The Morgan fingerprint density at radius 3 is 1.80 bits per heavy atom. The van der Waals surface area contributed by atoms with Crippen LogP contribution in [0.25, 0.3) is 0 Å². The largest absolute Gasteiger partial charge is 0.279 e. The van der Waals surface area contributed by atoms with Gasteiger partial charge in [0.25, 0.3) is 5.78 Å². The second kappa shape index (κ2) is 6.75. The summed E-state index contributed by atoms with van der Waals surface area (Å²) in [5, 5.41) is 0. The van der Waals surface area contributed by atoms with E-state index in [1.165, 1.54) is 0 Å². The van der Waals surface area contributed by atoms with Gasteiger partial charge in [0.15, 0.2) is 0 Å². The highest BCUT2D eigenvalue weighted by Gasteiger charge is 1.91. The van der Waals surface area contributed by atoms with E-state index in [1.54, 1.807) is 0 Å². The molecule has 0 heterocycles. The van der Waals surface area contributed by atoms with Crippen LogP contribution < -0.4 is 0 Å². The molecule has 2 aromatic rings. The van der Waals surface area contributed by atoms with Crippen molar-refractivity contribution in [2.45, 2.75) is 6.92 Å². The Bertz CT molecular complexity index is 667. The van der Waals surface area contributed by atoms with E-state index in [-0.39, 0.29) is 5.78 Å². The molecular formula is C18H11BrO. The zero-order chi connectivity index (χ0) is 14.4. The summed E-state index contributed by atoms with van der Waals surface area (Å²) in [4.78, 5) is 11.6. The molecule has 2 aromatic carbocycles. The van der Waals surface area contributed by atoms with Crippen molar-refractivity contribution in [1.29, 1.82) is 0 Å². The minimum atomic E-state index is -0.381. The quantitative estimate of drug-likeness (QED) is 0.675.